The van der Waals surface area contributed by atoms with Crippen LogP contribution in [0.5, 0.6) is 0 Å². The molecule has 2 aromatic rings. The number of rotatable bonds is 5. The van der Waals surface area contributed by atoms with E-state index in [9.17, 15) is 24.2 Å². The smallest absolute Gasteiger partial charge is 0.306 e. The number of carboxylic acids is 1. The van der Waals surface area contributed by atoms with Crippen LogP contribution in [0.15, 0.2) is 18.2 Å². The Kier molecular flexibility index (Phi) is 5.87. The highest BCUT2D eigenvalue weighted by molar-refractivity contribution is 6.34. The van der Waals surface area contributed by atoms with Crippen LogP contribution in [0, 0.1) is 17.7 Å². The fraction of sp³-hybridized carbons (Fsp3) is 0.480. The minimum atomic E-state index is -0.799. The van der Waals surface area contributed by atoms with Gasteiger partial charge in [-0.3, -0.25) is 9.59 Å². The van der Waals surface area contributed by atoms with Gasteiger partial charge in [-0.25, -0.2) is 4.39 Å². The Morgan fingerprint density at radius 3 is 2.61 bits per heavy atom. The lowest BCUT2D eigenvalue weighted by Gasteiger charge is -2.23. The van der Waals surface area contributed by atoms with Crippen LogP contribution >= 0.6 is 11.6 Å². The molecule has 1 aromatic carbocycles. The second-order valence-electron chi connectivity index (χ2n) is 9.42. The Morgan fingerprint density at radius 1 is 1.18 bits per heavy atom. The number of hydrogen-bond donors (Lipinski definition) is 2. The van der Waals surface area contributed by atoms with Gasteiger partial charge in [-0.05, 0) is 80.4 Å². The summed E-state index contributed by atoms with van der Waals surface area (Å²) < 4.78 is 15.7. The summed E-state index contributed by atoms with van der Waals surface area (Å²) in [5.41, 5.74) is 4.31. The summed E-state index contributed by atoms with van der Waals surface area (Å²) in [6, 6.07) is 2.96. The molecular weight excluding hydrogens is 447 g/mol. The number of allylic oxidation sites excluding steroid dienone is 2. The third-order valence-electron chi connectivity index (χ3n) is 7.25. The molecule has 1 saturated carbocycles. The molecule has 33 heavy (non-hydrogen) atoms. The maximum atomic E-state index is 14.4. The van der Waals surface area contributed by atoms with E-state index in [2.05, 4.69) is 0 Å². The Bertz CT molecular complexity index is 1170. The normalized spacial score (nSPS) is 22.6. The van der Waals surface area contributed by atoms with E-state index in [4.69, 9.17) is 16.7 Å². The van der Waals surface area contributed by atoms with Gasteiger partial charge < -0.3 is 10.2 Å². The van der Waals surface area contributed by atoms with Gasteiger partial charge in [0.1, 0.15) is 5.82 Å². The molecule has 1 aromatic heterocycles. The number of aliphatic hydroxyl groups excluding tert-OH is 1. The van der Waals surface area contributed by atoms with Crippen LogP contribution < -0.4 is 0 Å². The van der Waals surface area contributed by atoms with Gasteiger partial charge in [-0.2, -0.15) is 9.78 Å². The molecule has 2 N–H and O–H groups in total. The lowest BCUT2D eigenvalue weighted by Crippen LogP contribution is -2.24. The predicted octanol–water partition coefficient (Wildman–Crippen LogP) is 4.61. The molecule has 5 rings (SSSR count). The number of hydrogen-bond acceptors (Lipinski definition) is 4. The SMILES string of the molecule is O=C(O)C1CC=C(c2nn(C(=O)c3c(C4CC4)ccc(F)c3Cl)c3c2CCC(CO)C3)CC1. The maximum absolute atomic E-state index is 14.4. The highest BCUT2D eigenvalue weighted by Crippen LogP contribution is 2.44. The molecule has 0 aliphatic heterocycles. The Balaban J connectivity index is 1.60. The largest absolute Gasteiger partial charge is 0.481 e. The minimum absolute atomic E-state index is 0.0190. The third kappa shape index (κ3) is 4.02. The molecule has 1 heterocycles. The van der Waals surface area contributed by atoms with Crippen molar-refractivity contribution in [2.45, 2.75) is 57.3 Å². The quantitative estimate of drug-likeness (QED) is 0.663. The molecule has 0 radical (unpaired) electrons. The van der Waals surface area contributed by atoms with Crippen LogP contribution in [0.3, 0.4) is 0 Å². The zero-order valence-corrected chi connectivity index (χ0v) is 18.9. The van der Waals surface area contributed by atoms with Gasteiger partial charge in [0.05, 0.1) is 27.9 Å². The number of fused-ring (bicyclic) bond motifs is 1. The number of carboxylic acid groups (broad SMARTS) is 1. The molecule has 3 aliphatic rings. The molecular formula is C25H26ClFN2O4. The molecule has 0 saturated heterocycles. The van der Waals surface area contributed by atoms with Crippen LogP contribution in [0.2, 0.25) is 5.02 Å². The van der Waals surface area contributed by atoms with Crippen molar-refractivity contribution in [1.29, 1.82) is 0 Å². The van der Waals surface area contributed by atoms with Crippen LogP contribution in [0.25, 0.3) is 5.57 Å². The number of carbonyl (C=O) groups excluding carboxylic acids is 1. The first-order valence-electron chi connectivity index (χ1n) is 11.6. The average Bonchev–Trinajstić information content (AvgIpc) is 3.60. The summed E-state index contributed by atoms with van der Waals surface area (Å²) in [7, 11) is 0. The second-order valence-corrected chi connectivity index (χ2v) is 9.80. The fourth-order valence-corrected chi connectivity index (χ4v) is 5.41. The standard InChI is InChI=1S/C25H26ClFN2O4/c26-22-19(27)10-9-17(14-2-3-14)21(22)24(31)29-20-11-13(12-30)1-8-18(20)23(28-29)15-4-6-16(7-5-15)25(32)33/h4,9-10,13-14,16,30H,1-3,5-8,11-12H2,(H,32,33). The van der Waals surface area contributed by atoms with E-state index in [1.807, 2.05) is 6.08 Å². The van der Waals surface area contributed by atoms with Crippen molar-refractivity contribution in [3.63, 3.8) is 0 Å². The zero-order chi connectivity index (χ0) is 23.3. The first kappa shape index (κ1) is 22.3. The number of aliphatic carboxylic acids is 1. The topological polar surface area (TPSA) is 92.4 Å². The van der Waals surface area contributed by atoms with Crippen LogP contribution in [-0.2, 0) is 17.6 Å². The van der Waals surface area contributed by atoms with Gasteiger partial charge >= 0.3 is 5.97 Å². The van der Waals surface area contributed by atoms with Crippen molar-refractivity contribution in [3.05, 3.63) is 57.1 Å². The van der Waals surface area contributed by atoms with E-state index in [1.54, 1.807) is 6.07 Å². The summed E-state index contributed by atoms with van der Waals surface area (Å²) in [5.74, 6) is -2.05. The zero-order valence-electron chi connectivity index (χ0n) is 18.2. The first-order chi connectivity index (χ1) is 15.9. The molecule has 3 aliphatic carbocycles. The predicted molar refractivity (Wildman–Crippen MR) is 121 cm³/mol. The molecule has 174 valence electrons. The summed E-state index contributed by atoms with van der Waals surface area (Å²) in [6.07, 6.45) is 7.29. The summed E-state index contributed by atoms with van der Waals surface area (Å²) in [6.45, 7) is 0.0190. The number of aliphatic hydroxyl groups is 1. The summed E-state index contributed by atoms with van der Waals surface area (Å²) >= 11 is 6.31. The van der Waals surface area contributed by atoms with Crippen LogP contribution in [-0.4, -0.2) is 38.5 Å². The summed E-state index contributed by atoms with van der Waals surface area (Å²) in [4.78, 5) is 25.1. The molecule has 2 atom stereocenters. The second kappa shape index (κ2) is 8.69. The number of carbonyl (C=O) groups is 2. The Hall–Kier alpha value is -2.51. The van der Waals surface area contributed by atoms with E-state index >= 15 is 0 Å². The minimum Gasteiger partial charge on any atom is -0.481 e. The molecule has 6 nitrogen and oxygen atoms in total. The lowest BCUT2D eigenvalue weighted by atomic mass is 9.83. The first-order valence-corrected chi connectivity index (χ1v) is 11.9. The van der Waals surface area contributed by atoms with Crippen molar-refractivity contribution in [3.8, 4) is 0 Å². The van der Waals surface area contributed by atoms with Crippen molar-refractivity contribution < 1.29 is 24.2 Å². The van der Waals surface area contributed by atoms with Gasteiger partial charge in [-0.15, -0.1) is 0 Å². The molecule has 2 unspecified atom stereocenters. The molecule has 8 heteroatoms. The number of halogens is 2. The van der Waals surface area contributed by atoms with Crippen molar-refractivity contribution >= 4 is 29.1 Å². The average molecular weight is 473 g/mol. The van der Waals surface area contributed by atoms with E-state index in [1.165, 1.54) is 10.7 Å². The highest BCUT2D eigenvalue weighted by Gasteiger charge is 2.35. The third-order valence-corrected chi connectivity index (χ3v) is 7.62. The molecule has 0 amide bonds. The summed E-state index contributed by atoms with van der Waals surface area (Å²) in [5, 5.41) is 23.6. The maximum Gasteiger partial charge on any atom is 0.306 e. The van der Waals surface area contributed by atoms with Crippen molar-refractivity contribution in [2.24, 2.45) is 11.8 Å². The number of nitrogens with zero attached hydrogens (tertiary/aromatic N) is 2. The Labute approximate surface area is 196 Å². The van der Waals surface area contributed by atoms with Crippen LogP contribution in [0.4, 0.5) is 4.39 Å². The number of benzene rings is 1. The molecule has 0 bridgehead atoms. The van der Waals surface area contributed by atoms with E-state index in [-0.39, 0.29) is 29.0 Å². The lowest BCUT2D eigenvalue weighted by molar-refractivity contribution is -0.141. The number of aromatic nitrogens is 2. The van der Waals surface area contributed by atoms with E-state index in [0.717, 1.165) is 47.4 Å². The van der Waals surface area contributed by atoms with Gasteiger partial charge in [0, 0.05) is 12.2 Å². The molecule has 1 fully saturated rings. The Morgan fingerprint density at radius 2 is 1.97 bits per heavy atom. The van der Waals surface area contributed by atoms with Gasteiger partial charge in [0.2, 0.25) is 0 Å². The van der Waals surface area contributed by atoms with Crippen molar-refractivity contribution in [1.82, 2.24) is 9.78 Å². The van der Waals surface area contributed by atoms with E-state index < -0.39 is 23.6 Å². The molecule has 0 spiro atoms. The fourth-order valence-electron chi connectivity index (χ4n) is 5.16. The monoisotopic (exact) mass is 472 g/mol. The van der Waals surface area contributed by atoms with Gasteiger partial charge in [0.25, 0.3) is 5.91 Å². The van der Waals surface area contributed by atoms with Crippen molar-refractivity contribution in [2.75, 3.05) is 6.61 Å². The van der Waals surface area contributed by atoms with E-state index in [0.29, 0.717) is 32.1 Å². The highest BCUT2D eigenvalue weighted by atomic mass is 35.5. The van der Waals surface area contributed by atoms with Gasteiger partial charge in [0.15, 0.2) is 0 Å². The van der Waals surface area contributed by atoms with Gasteiger partial charge in [-0.1, -0.05) is 23.7 Å². The van der Waals surface area contributed by atoms with Crippen LogP contribution in [0.1, 0.15) is 77.3 Å².